The maximum absolute atomic E-state index is 11.7. The molecule has 1 aliphatic heterocycles. The minimum atomic E-state index is -0.753. The van der Waals surface area contributed by atoms with E-state index in [0.29, 0.717) is 22.8 Å². The third-order valence-electron chi connectivity index (χ3n) is 3.41. The zero-order valence-corrected chi connectivity index (χ0v) is 14.1. The summed E-state index contributed by atoms with van der Waals surface area (Å²) in [6.45, 7) is -0.294. The standard InChI is InChI=1S/C18H16N2O7/c21-16(20-18(23)19-9-13-2-1-7-24-13)10-25-17(22)6-4-12-3-5-14-15(8-12)27-11-26-14/h1-8H,9-11H2,(H2,19,20,21,23)/b6-4-. The van der Waals surface area contributed by atoms with E-state index in [9.17, 15) is 14.4 Å². The number of furan rings is 1. The molecular weight excluding hydrogens is 356 g/mol. The van der Waals surface area contributed by atoms with Gasteiger partial charge >= 0.3 is 12.0 Å². The first-order valence-corrected chi connectivity index (χ1v) is 7.95. The Bertz CT molecular complexity index is 859. The number of amides is 3. The lowest BCUT2D eigenvalue weighted by Gasteiger charge is -2.05. The third-order valence-corrected chi connectivity index (χ3v) is 3.41. The van der Waals surface area contributed by atoms with Crippen molar-refractivity contribution in [3.05, 3.63) is 54.0 Å². The second-order valence-corrected chi connectivity index (χ2v) is 5.36. The van der Waals surface area contributed by atoms with Crippen LogP contribution in [-0.2, 0) is 20.9 Å². The highest BCUT2D eigenvalue weighted by atomic mass is 16.7. The molecule has 1 aromatic heterocycles. The van der Waals surface area contributed by atoms with Gasteiger partial charge in [-0.25, -0.2) is 9.59 Å². The van der Waals surface area contributed by atoms with Crippen LogP contribution in [0.3, 0.4) is 0 Å². The lowest BCUT2D eigenvalue weighted by molar-refractivity contribution is -0.143. The second kappa shape index (κ2) is 8.56. The summed E-state index contributed by atoms with van der Waals surface area (Å²) < 4.78 is 20.2. The molecule has 1 aliphatic rings. The largest absolute Gasteiger partial charge is 0.467 e. The van der Waals surface area contributed by atoms with Crippen molar-refractivity contribution < 1.29 is 33.0 Å². The van der Waals surface area contributed by atoms with Crippen LogP contribution in [0, 0.1) is 0 Å². The lowest BCUT2D eigenvalue weighted by atomic mass is 10.2. The van der Waals surface area contributed by atoms with Crippen LogP contribution in [0.4, 0.5) is 4.79 Å². The van der Waals surface area contributed by atoms with Crippen LogP contribution < -0.4 is 20.1 Å². The van der Waals surface area contributed by atoms with Crippen LogP contribution in [0.1, 0.15) is 11.3 Å². The molecule has 0 unspecified atom stereocenters. The monoisotopic (exact) mass is 372 g/mol. The molecule has 2 heterocycles. The molecule has 9 nitrogen and oxygen atoms in total. The van der Waals surface area contributed by atoms with E-state index in [1.54, 1.807) is 30.3 Å². The number of fused-ring (bicyclic) bond motifs is 1. The summed E-state index contributed by atoms with van der Waals surface area (Å²) in [7, 11) is 0. The van der Waals surface area contributed by atoms with Gasteiger partial charge in [0.2, 0.25) is 6.79 Å². The zero-order valence-electron chi connectivity index (χ0n) is 14.1. The van der Waals surface area contributed by atoms with Gasteiger partial charge in [-0.1, -0.05) is 6.07 Å². The molecule has 0 saturated heterocycles. The summed E-state index contributed by atoms with van der Waals surface area (Å²) >= 11 is 0. The van der Waals surface area contributed by atoms with Gasteiger partial charge in [-0.2, -0.15) is 0 Å². The smallest absolute Gasteiger partial charge is 0.331 e. The molecule has 0 atom stereocenters. The Hall–Kier alpha value is -3.75. The van der Waals surface area contributed by atoms with Crippen LogP contribution >= 0.6 is 0 Å². The van der Waals surface area contributed by atoms with Crippen molar-refractivity contribution in [3.63, 3.8) is 0 Å². The van der Waals surface area contributed by atoms with E-state index in [1.165, 1.54) is 18.4 Å². The number of carbonyl (C=O) groups excluding carboxylic acids is 3. The summed E-state index contributed by atoms with van der Waals surface area (Å²) in [5, 5.41) is 4.47. The number of carbonyl (C=O) groups is 3. The molecule has 0 aliphatic carbocycles. The predicted molar refractivity (Wildman–Crippen MR) is 91.6 cm³/mol. The molecule has 140 valence electrons. The quantitative estimate of drug-likeness (QED) is 0.584. The van der Waals surface area contributed by atoms with Gasteiger partial charge < -0.3 is 23.9 Å². The number of benzene rings is 1. The SMILES string of the molecule is O=C(COC(=O)/C=C\c1ccc2c(c1)OCO2)NC(=O)NCc1ccco1. The van der Waals surface area contributed by atoms with E-state index in [1.807, 2.05) is 5.32 Å². The van der Waals surface area contributed by atoms with Crippen LogP contribution in [0.25, 0.3) is 6.08 Å². The molecule has 0 spiro atoms. The normalized spacial score (nSPS) is 12.0. The van der Waals surface area contributed by atoms with Crippen LogP contribution in [-0.4, -0.2) is 31.3 Å². The van der Waals surface area contributed by atoms with Gasteiger partial charge in [0.25, 0.3) is 5.91 Å². The number of ether oxygens (including phenoxy) is 3. The molecule has 2 aromatic rings. The first-order chi connectivity index (χ1) is 13.1. The van der Waals surface area contributed by atoms with Gasteiger partial charge in [-0.05, 0) is 35.9 Å². The Kier molecular flexibility index (Phi) is 5.73. The van der Waals surface area contributed by atoms with Gasteiger partial charge in [-0.15, -0.1) is 0 Å². The highest BCUT2D eigenvalue weighted by Crippen LogP contribution is 2.32. The lowest BCUT2D eigenvalue weighted by Crippen LogP contribution is -2.41. The Morgan fingerprint density at radius 3 is 2.81 bits per heavy atom. The Morgan fingerprint density at radius 1 is 1.15 bits per heavy atom. The van der Waals surface area contributed by atoms with E-state index < -0.39 is 24.5 Å². The molecule has 0 fully saturated rings. The van der Waals surface area contributed by atoms with Gasteiger partial charge in [-0.3, -0.25) is 10.1 Å². The molecule has 27 heavy (non-hydrogen) atoms. The fourth-order valence-corrected chi connectivity index (χ4v) is 2.15. The number of hydrogen-bond donors (Lipinski definition) is 2. The Morgan fingerprint density at radius 2 is 2.00 bits per heavy atom. The summed E-state index contributed by atoms with van der Waals surface area (Å²) in [5.41, 5.74) is 0.706. The van der Waals surface area contributed by atoms with E-state index in [4.69, 9.17) is 18.6 Å². The summed E-state index contributed by atoms with van der Waals surface area (Å²) in [4.78, 5) is 34.8. The zero-order chi connectivity index (χ0) is 19.1. The minimum absolute atomic E-state index is 0.129. The van der Waals surface area contributed by atoms with E-state index in [2.05, 4.69) is 5.32 Å². The first-order valence-electron chi connectivity index (χ1n) is 7.95. The number of nitrogens with one attached hydrogen (secondary N) is 2. The van der Waals surface area contributed by atoms with Crippen LogP contribution in [0.15, 0.2) is 47.1 Å². The molecule has 0 saturated carbocycles. The average molecular weight is 372 g/mol. The first kappa shape index (κ1) is 18.1. The molecule has 3 amide bonds. The molecular formula is C18H16N2O7. The van der Waals surface area contributed by atoms with Crippen molar-refractivity contribution in [1.29, 1.82) is 0 Å². The van der Waals surface area contributed by atoms with Crippen LogP contribution in [0.2, 0.25) is 0 Å². The van der Waals surface area contributed by atoms with Gasteiger partial charge in [0.1, 0.15) is 5.76 Å². The Labute approximate surface area is 153 Å². The van der Waals surface area contributed by atoms with Gasteiger partial charge in [0.15, 0.2) is 18.1 Å². The minimum Gasteiger partial charge on any atom is -0.467 e. The van der Waals surface area contributed by atoms with Crippen molar-refractivity contribution in [2.24, 2.45) is 0 Å². The van der Waals surface area contributed by atoms with Gasteiger partial charge in [0.05, 0.1) is 12.8 Å². The highest BCUT2D eigenvalue weighted by molar-refractivity contribution is 5.96. The van der Waals surface area contributed by atoms with E-state index in [0.717, 1.165) is 0 Å². The molecule has 1 aromatic carbocycles. The van der Waals surface area contributed by atoms with E-state index >= 15 is 0 Å². The van der Waals surface area contributed by atoms with Crippen molar-refractivity contribution in [1.82, 2.24) is 10.6 Å². The van der Waals surface area contributed by atoms with Gasteiger partial charge in [0, 0.05) is 6.08 Å². The molecule has 9 heteroatoms. The molecule has 3 rings (SSSR count). The predicted octanol–water partition coefficient (Wildman–Crippen LogP) is 1.59. The van der Waals surface area contributed by atoms with Crippen molar-refractivity contribution in [2.75, 3.05) is 13.4 Å². The third kappa shape index (κ3) is 5.36. The summed E-state index contributed by atoms with van der Waals surface area (Å²) in [5.74, 6) is 0.287. The topological polar surface area (TPSA) is 116 Å². The van der Waals surface area contributed by atoms with Crippen molar-refractivity contribution in [2.45, 2.75) is 6.54 Å². The number of rotatable bonds is 6. The maximum atomic E-state index is 11.7. The number of hydrogen-bond acceptors (Lipinski definition) is 7. The fourth-order valence-electron chi connectivity index (χ4n) is 2.15. The molecule has 0 radical (unpaired) electrons. The van der Waals surface area contributed by atoms with Crippen LogP contribution in [0.5, 0.6) is 11.5 Å². The number of esters is 1. The second-order valence-electron chi connectivity index (χ2n) is 5.36. The number of urea groups is 1. The summed E-state index contributed by atoms with van der Waals surface area (Å²) in [6, 6.07) is 7.81. The Balaban J connectivity index is 1.38. The number of imide groups is 1. The van der Waals surface area contributed by atoms with E-state index in [-0.39, 0.29) is 13.3 Å². The van der Waals surface area contributed by atoms with Crippen molar-refractivity contribution >= 4 is 24.0 Å². The van der Waals surface area contributed by atoms with Crippen molar-refractivity contribution in [3.8, 4) is 11.5 Å². The average Bonchev–Trinajstić information content (AvgIpc) is 3.34. The summed E-state index contributed by atoms with van der Waals surface area (Å²) in [6.07, 6.45) is 4.15. The maximum Gasteiger partial charge on any atom is 0.331 e. The molecule has 2 N–H and O–H groups in total. The molecule has 0 bridgehead atoms. The highest BCUT2D eigenvalue weighted by Gasteiger charge is 2.13. The fraction of sp³-hybridized carbons (Fsp3) is 0.167.